The molecule has 3 rings (SSSR count). The lowest BCUT2D eigenvalue weighted by Gasteiger charge is -2.36. The van der Waals surface area contributed by atoms with E-state index in [1.807, 2.05) is 0 Å². The summed E-state index contributed by atoms with van der Waals surface area (Å²) in [6, 6.07) is 5.27. The highest BCUT2D eigenvalue weighted by Gasteiger charge is 2.42. The normalized spacial score (nSPS) is 27.3. The van der Waals surface area contributed by atoms with Crippen LogP contribution in [0.15, 0.2) is 52.9 Å². The van der Waals surface area contributed by atoms with Gasteiger partial charge in [0, 0.05) is 56.0 Å². The van der Waals surface area contributed by atoms with E-state index < -0.39 is 47.6 Å². The highest BCUT2D eigenvalue weighted by atomic mass is 19.4. The Kier molecular flexibility index (Phi) is 11.0. The van der Waals surface area contributed by atoms with Crippen molar-refractivity contribution < 1.29 is 26.7 Å². The van der Waals surface area contributed by atoms with Gasteiger partial charge in [-0.25, -0.2) is 13.8 Å². The fraction of sp³-hybridized carbons (Fsp3) is 0.533. The number of aromatic nitrogens is 1. The van der Waals surface area contributed by atoms with E-state index in [1.54, 1.807) is 45.2 Å². The number of aliphatic imine (C=N–C) groups is 1. The number of carbonyl (C=O) groups is 1. The average molecular weight is 580 g/mol. The Morgan fingerprint density at radius 1 is 1.20 bits per heavy atom. The number of alkyl halides is 5. The summed E-state index contributed by atoms with van der Waals surface area (Å²) in [5.74, 6) is -5.16. The maximum atomic E-state index is 14.6. The number of carbonyl (C=O) groups excluding carboxylic acids is 1. The molecule has 224 valence electrons. The zero-order valence-corrected chi connectivity index (χ0v) is 23.6. The zero-order chi connectivity index (χ0) is 30.2. The fourth-order valence-electron chi connectivity index (χ4n) is 5.40. The van der Waals surface area contributed by atoms with Crippen LogP contribution in [0.4, 0.5) is 22.0 Å². The number of ketones is 1. The number of pyridine rings is 1. The first-order valence-corrected chi connectivity index (χ1v) is 13.9. The number of hydrogen-bond donors (Lipinski definition) is 3. The highest BCUT2D eigenvalue weighted by molar-refractivity contribution is 6.55. The predicted octanol–water partition coefficient (Wildman–Crippen LogP) is 6.79. The Hall–Kier alpha value is -3.37. The summed E-state index contributed by atoms with van der Waals surface area (Å²) >= 11 is 0. The molecule has 0 amide bonds. The first-order chi connectivity index (χ1) is 19.3. The van der Waals surface area contributed by atoms with Gasteiger partial charge in [-0.1, -0.05) is 19.1 Å². The van der Waals surface area contributed by atoms with Crippen LogP contribution in [-0.2, 0) is 4.79 Å². The molecular formula is C30H38F5N5O. The van der Waals surface area contributed by atoms with E-state index in [9.17, 15) is 26.7 Å². The van der Waals surface area contributed by atoms with Gasteiger partial charge in [0.1, 0.15) is 11.5 Å². The Morgan fingerprint density at radius 2 is 1.93 bits per heavy atom. The highest BCUT2D eigenvalue weighted by Crippen LogP contribution is 2.40. The van der Waals surface area contributed by atoms with Gasteiger partial charge < -0.3 is 10.6 Å². The molecule has 6 nitrogen and oxygen atoms in total. The van der Waals surface area contributed by atoms with Gasteiger partial charge >= 0.3 is 6.18 Å². The largest absolute Gasteiger partial charge is 0.417 e. The van der Waals surface area contributed by atoms with Crippen LogP contribution in [0, 0.1) is 30.1 Å². The number of Topliss-reactive ketones (excluding diaryl/α,β-unsaturated/α-hetero) is 1. The first-order valence-electron chi connectivity index (χ1n) is 13.9. The molecule has 2 aliphatic rings. The average Bonchev–Trinajstić information content (AvgIpc) is 3.01. The van der Waals surface area contributed by atoms with Gasteiger partial charge in [-0.2, -0.15) is 13.2 Å². The summed E-state index contributed by atoms with van der Waals surface area (Å²) in [6.45, 7) is 3.50. The van der Waals surface area contributed by atoms with Crippen molar-refractivity contribution in [3.63, 3.8) is 0 Å². The van der Waals surface area contributed by atoms with Crippen molar-refractivity contribution in [2.45, 2.75) is 70.9 Å². The smallest absolute Gasteiger partial charge is 0.393 e. The van der Waals surface area contributed by atoms with Gasteiger partial charge in [0.15, 0.2) is 5.78 Å². The predicted molar refractivity (Wildman–Crippen MR) is 151 cm³/mol. The van der Waals surface area contributed by atoms with Crippen LogP contribution >= 0.6 is 0 Å². The third kappa shape index (κ3) is 9.06. The summed E-state index contributed by atoms with van der Waals surface area (Å²) in [5, 5.41) is 14.7. The van der Waals surface area contributed by atoms with Crippen molar-refractivity contribution in [1.29, 1.82) is 5.41 Å². The maximum Gasteiger partial charge on any atom is 0.417 e. The summed E-state index contributed by atoms with van der Waals surface area (Å²) in [6.07, 6.45) is 1.24. The second-order valence-electron chi connectivity index (χ2n) is 10.8. The lowest BCUT2D eigenvalue weighted by molar-refractivity contribution is -0.121. The molecule has 41 heavy (non-hydrogen) atoms. The van der Waals surface area contributed by atoms with E-state index in [0.717, 1.165) is 12.3 Å². The summed E-state index contributed by atoms with van der Waals surface area (Å²) in [4.78, 5) is 22.4. The quantitative estimate of drug-likeness (QED) is 0.234. The van der Waals surface area contributed by atoms with Crippen LogP contribution < -0.4 is 10.6 Å². The van der Waals surface area contributed by atoms with E-state index in [4.69, 9.17) is 5.41 Å². The number of nitrogens with one attached hydrogen (secondary N) is 3. The van der Waals surface area contributed by atoms with Gasteiger partial charge in [-0.05, 0) is 69.1 Å². The molecule has 0 radical (unpaired) electrons. The molecule has 1 fully saturated rings. The van der Waals surface area contributed by atoms with Gasteiger partial charge in [0.25, 0.3) is 0 Å². The minimum absolute atomic E-state index is 0.0446. The van der Waals surface area contributed by atoms with Crippen LogP contribution in [-0.4, -0.2) is 48.4 Å². The Balaban J connectivity index is 1.90. The molecule has 0 bridgehead atoms. The van der Waals surface area contributed by atoms with Crippen molar-refractivity contribution in [2.24, 2.45) is 22.7 Å². The zero-order valence-electron chi connectivity index (χ0n) is 23.6. The van der Waals surface area contributed by atoms with Crippen molar-refractivity contribution >= 4 is 23.3 Å². The van der Waals surface area contributed by atoms with Crippen LogP contribution in [0.2, 0.25) is 0 Å². The number of allylic oxidation sites excluding steroid dienone is 4. The van der Waals surface area contributed by atoms with Crippen LogP contribution in [0.5, 0.6) is 0 Å². The van der Waals surface area contributed by atoms with Gasteiger partial charge in [0.05, 0.1) is 11.3 Å². The number of rotatable bonds is 8. The molecule has 1 aromatic rings. The van der Waals surface area contributed by atoms with Crippen LogP contribution in [0.1, 0.15) is 63.3 Å². The lowest BCUT2D eigenvalue weighted by atomic mass is 9.71. The topological polar surface area (TPSA) is 90.2 Å². The van der Waals surface area contributed by atoms with Crippen molar-refractivity contribution in [2.75, 3.05) is 13.6 Å². The summed E-state index contributed by atoms with van der Waals surface area (Å²) in [5.41, 5.74) is 0.327. The molecule has 2 heterocycles. The summed E-state index contributed by atoms with van der Waals surface area (Å²) < 4.78 is 69.2. The molecule has 0 aromatic carbocycles. The van der Waals surface area contributed by atoms with E-state index in [2.05, 4.69) is 20.6 Å². The molecule has 3 N–H and O–H groups in total. The molecule has 2 unspecified atom stereocenters. The lowest BCUT2D eigenvalue weighted by Crippen LogP contribution is -2.42. The maximum absolute atomic E-state index is 14.6. The SMILES string of the molecule is CN/C=C(\C(=N)C(=O)C1CCCC(F)(F)C[C@@H](C)C1CNC1=C/CCC/C=C(C(F)(F)F)/C=N\1)c1cccc(C)n1. The van der Waals surface area contributed by atoms with E-state index in [0.29, 0.717) is 29.8 Å². The fourth-order valence-corrected chi connectivity index (χ4v) is 5.40. The van der Waals surface area contributed by atoms with E-state index >= 15 is 0 Å². The van der Waals surface area contributed by atoms with Gasteiger partial charge in [-0.15, -0.1) is 0 Å². The molecule has 1 aromatic heterocycles. The third-order valence-corrected chi connectivity index (χ3v) is 7.53. The molecular weight excluding hydrogens is 541 g/mol. The second-order valence-corrected chi connectivity index (χ2v) is 10.8. The summed E-state index contributed by atoms with van der Waals surface area (Å²) in [7, 11) is 1.64. The van der Waals surface area contributed by atoms with Crippen molar-refractivity contribution in [3.05, 3.63) is 59.3 Å². The molecule has 1 aliphatic heterocycles. The van der Waals surface area contributed by atoms with Crippen molar-refractivity contribution in [3.8, 4) is 0 Å². The molecule has 0 saturated heterocycles. The monoisotopic (exact) mass is 579 g/mol. The van der Waals surface area contributed by atoms with Gasteiger partial charge in [0.2, 0.25) is 5.92 Å². The van der Waals surface area contributed by atoms with Gasteiger partial charge in [-0.3, -0.25) is 15.2 Å². The Bertz CT molecular complexity index is 1220. The minimum Gasteiger partial charge on any atom is -0.393 e. The van der Waals surface area contributed by atoms with E-state index in [-0.39, 0.29) is 43.8 Å². The first kappa shape index (κ1) is 32.1. The van der Waals surface area contributed by atoms with E-state index in [1.165, 1.54) is 6.20 Å². The standard InChI is InChI=1S/C30H38F5N5O/c1-19-15-29(31,32)14-8-11-22(28(41)27(36)24(17-37-3)25-12-7-9-20(2)40-25)23(19)18-39-26-13-6-4-5-10-21(16-38-26)30(33,34)35/h7,9-10,12-13,16-17,19,22-23,36-37,39H,4-6,8,11,14-15,18H2,1-3H3/b21-10-,24-17-,26-13+,36-27?,38-16-/t19-,22?,23?/m1/s1. The number of aryl methyl sites for hydroxylation is 1. The molecule has 0 spiro atoms. The molecule has 1 aliphatic carbocycles. The molecule has 1 saturated carbocycles. The number of hydrogen-bond acceptors (Lipinski definition) is 6. The number of halogens is 5. The molecule has 3 atom stereocenters. The third-order valence-electron chi connectivity index (χ3n) is 7.53. The Labute approximate surface area is 237 Å². The second kappa shape index (κ2) is 14.0. The minimum atomic E-state index is -4.54. The molecule has 11 heteroatoms. The number of nitrogens with zero attached hydrogens (tertiary/aromatic N) is 2. The van der Waals surface area contributed by atoms with Crippen molar-refractivity contribution in [1.82, 2.24) is 15.6 Å². The Morgan fingerprint density at radius 3 is 2.61 bits per heavy atom. The van der Waals surface area contributed by atoms with Crippen LogP contribution in [0.25, 0.3) is 5.57 Å². The van der Waals surface area contributed by atoms with Crippen LogP contribution in [0.3, 0.4) is 0 Å².